The summed E-state index contributed by atoms with van der Waals surface area (Å²) < 4.78 is 21.4. The van der Waals surface area contributed by atoms with E-state index < -0.39 is 127 Å². The van der Waals surface area contributed by atoms with E-state index in [0.29, 0.717) is 49.0 Å². The van der Waals surface area contributed by atoms with Crippen molar-refractivity contribution in [3.63, 3.8) is 0 Å². The molecule has 0 spiro atoms. The Morgan fingerprint density at radius 3 is 0.923 bits per heavy atom. The van der Waals surface area contributed by atoms with Gasteiger partial charge in [-0.1, -0.05) is 0 Å². The summed E-state index contributed by atoms with van der Waals surface area (Å²) >= 11 is 0. The summed E-state index contributed by atoms with van der Waals surface area (Å²) in [4.78, 5) is 83.3. The fraction of sp³-hybridized carbons (Fsp3) is 0.438. The molecule has 78 heavy (non-hydrogen) atoms. The molecule has 3 saturated heterocycles. The van der Waals surface area contributed by atoms with Crippen molar-refractivity contribution in [2.75, 3.05) is 51.7 Å². The van der Waals surface area contributed by atoms with Crippen LogP contribution in [0.25, 0.3) is 32.3 Å². The van der Waals surface area contributed by atoms with Crippen LogP contribution >= 0.6 is 0 Å². The van der Waals surface area contributed by atoms with Crippen molar-refractivity contribution >= 4 is 85.3 Å². The van der Waals surface area contributed by atoms with Gasteiger partial charge in [-0.15, -0.1) is 0 Å². The number of hydrogen-bond donors (Lipinski definition) is 15. The van der Waals surface area contributed by atoms with Gasteiger partial charge in [0.25, 0.3) is 16.7 Å². The van der Waals surface area contributed by atoms with Gasteiger partial charge in [0.1, 0.15) is 88.3 Å². The summed E-state index contributed by atoms with van der Waals surface area (Å²) in [5, 5.41) is 110. The van der Waals surface area contributed by atoms with Crippen LogP contribution in [0.4, 0.5) is 49.3 Å². The Bertz CT molecular complexity index is 3330. The summed E-state index contributed by atoms with van der Waals surface area (Å²) in [7, 11) is 0. The predicted octanol–water partition coefficient (Wildman–Crippen LogP) is -1.01. The summed E-state index contributed by atoms with van der Waals surface area (Å²) in [6.45, 7) is 7.93. The zero-order chi connectivity index (χ0) is 56.4. The molecule has 414 valence electrons. The number of urea groups is 3. The van der Waals surface area contributed by atoms with Crippen LogP contribution in [0, 0.1) is 20.8 Å². The number of anilines is 6. The molecule has 6 aromatic rings. The number of carbonyl (C=O) groups is 3. The zero-order valence-corrected chi connectivity index (χ0v) is 42.2. The van der Waals surface area contributed by atoms with E-state index in [1.807, 2.05) is 0 Å². The van der Waals surface area contributed by atoms with Crippen molar-refractivity contribution in [1.29, 1.82) is 0 Å². The largest absolute Gasteiger partial charge is 0.394 e. The number of ether oxygens (including phenoxy) is 3. The first-order valence-electron chi connectivity index (χ1n) is 24.1. The second-order valence-electron chi connectivity index (χ2n) is 20.3. The van der Waals surface area contributed by atoms with Crippen molar-refractivity contribution in [2.45, 2.75) is 114 Å². The molecular formula is C48H54N12O18. The highest BCUT2D eigenvalue weighted by atomic mass is 16.6. The van der Waals surface area contributed by atoms with Crippen molar-refractivity contribution in [3.05, 3.63) is 84.5 Å². The van der Waals surface area contributed by atoms with E-state index in [0.717, 1.165) is 0 Å². The molecule has 12 rings (SSSR count). The number of aliphatic hydroxyl groups is 9. The SMILES string of the molecule is Cc1cc(=O)nc2c3c(n(C4O[C@H](CO)[C@@H](O)[C@@]4(C)O)cc13)NC(=O)N2.Cc1cc(=O)nc2c3c(n(C4O[C@H](CO)[C@@H](O)[C@@]4(C)O)cc13)NC(=O)N2.Cc1cc(=O)nc2c3c(n(C4O[C@H](CO)[C@@H](O)[C@@]4(C)O)cc13)NC(=O)N2. The molecule has 12 atom stereocenters. The van der Waals surface area contributed by atoms with E-state index in [1.165, 1.54) is 52.7 Å². The summed E-state index contributed by atoms with van der Waals surface area (Å²) in [6, 6.07) is 2.26. The number of aliphatic hydroxyl groups excluding tert-OH is 6. The lowest BCUT2D eigenvalue weighted by Gasteiger charge is -2.29. The Morgan fingerprint density at radius 1 is 0.462 bits per heavy atom. The fourth-order valence-corrected chi connectivity index (χ4v) is 10.7. The molecule has 3 fully saturated rings. The van der Waals surface area contributed by atoms with Gasteiger partial charge in [0.05, 0.1) is 36.0 Å². The topological polar surface area (TPSA) is 438 Å². The normalized spacial score (nSPS) is 30.3. The number of nitrogens with zero attached hydrogens (tertiary/aromatic N) is 6. The van der Waals surface area contributed by atoms with E-state index in [9.17, 15) is 74.7 Å². The quantitative estimate of drug-likeness (QED) is 0.0950. The minimum Gasteiger partial charge on any atom is -0.394 e. The summed E-state index contributed by atoms with van der Waals surface area (Å²) in [5.74, 6) is 1.15. The zero-order valence-electron chi connectivity index (χ0n) is 42.2. The third kappa shape index (κ3) is 8.57. The maximum absolute atomic E-state index is 12.0. The molecule has 6 aliphatic heterocycles. The second-order valence-corrected chi connectivity index (χ2v) is 20.3. The Balaban J connectivity index is 0.000000132. The Labute approximate surface area is 437 Å². The van der Waals surface area contributed by atoms with Crippen molar-refractivity contribution < 1.29 is 74.6 Å². The van der Waals surface area contributed by atoms with Crippen LogP contribution in [0.2, 0.25) is 0 Å². The predicted molar refractivity (Wildman–Crippen MR) is 273 cm³/mol. The highest BCUT2D eigenvalue weighted by Gasteiger charge is 2.56. The standard InChI is InChI=1S/3C16H18N4O6/c3*1-6-3-9(22)17-12-10-7(6)4-20(13(10)19-15(24)18-12)14-16(2,25)11(23)8(5-21)26-14/h3*3-4,8,11,14,21,23,25H,5H2,1-2H3,(H2,17,18,19,22,24)/t3*8-,11-,14?,16-/m111/s1. The van der Waals surface area contributed by atoms with Crippen LogP contribution in [-0.2, 0) is 14.2 Å². The van der Waals surface area contributed by atoms with Gasteiger partial charge in [0, 0.05) is 52.9 Å². The lowest BCUT2D eigenvalue weighted by molar-refractivity contribution is -0.0954. The number of nitrogens with one attached hydrogen (secondary N) is 6. The van der Waals surface area contributed by atoms with Gasteiger partial charge < -0.3 is 73.9 Å². The molecule has 0 aromatic carbocycles. The van der Waals surface area contributed by atoms with E-state index in [2.05, 4.69) is 46.9 Å². The Hall–Kier alpha value is -7.59. The van der Waals surface area contributed by atoms with E-state index >= 15 is 0 Å². The van der Waals surface area contributed by atoms with Crippen LogP contribution < -0.4 is 48.6 Å². The first-order chi connectivity index (χ1) is 36.7. The van der Waals surface area contributed by atoms with E-state index in [4.69, 9.17) is 14.2 Å². The number of aromatic nitrogens is 6. The first-order valence-corrected chi connectivity index (χ1v) is 24.1. The molecule has 6 aliphatic rings. The van der Waals surface area contributed by atoms with E-state index in [-0.39, 0.29) is 34.9 Å². The van der Waals surface area contributed by atoms with Crippen LogP contribution in [0.15, 0.2) is 51.2 Å². The molecule has 15 N–H and O–H groups in total. The highest BCUT2D eigenvalue weighted by molar-refractivity contribution is 6.18. The monoisotopic (exact) mass is 1090 g/mol. The van der Waals surface area contributed by atoms with Crippen LogP contribution in [-0.4, -0.2) is 166 Å². The highest BCUT2D eigenvalue weighted by Crippen LogP contribution is 2.47. The molecular weight excluding hydrogens is 1030 g/mol. The Kier molecular flexibility index (Phi) is 13.2. The minimum absolute atomic E-state index is 0.104. The van der Waals surface area contributed by atoms with Crippen molar-refractivity contribution in [1.82, 2.24) is 28.7 Å². The average Bonchev–Trinajstić information content (AvgIpc) is 4.34. The van der Waals surface area contributed by atoms with Gasteiger partial charge in [-0.3, -0.25) is 46.3 Å². The van der Waals surface area contributed by atoms with Gasteiger partial charge >= 0.3 is 18.1 Å². The minimum atomic E-state index is -1.72. The fourth-order valence-electron chi connectivity index (χ4n) is 10.7. The average molecular weight is 1090 g/mol. The first kappa shape index (κ1) is 53.8. The molecule has 6 aromatic heterocycles. The van der Waals surface area contributed by atoms with Gasteiger partial charge in [0.2, 0.25) is 0 Å². The van der Waals surface area contributed by atoms with Gasteiger partial charge in [0.15, 0.2) is 18.7 Å². The molecule has 0 radical (unpaired) electrons. The third-order valence-electron chi connectivity index (χ3n) is 14.7. The number of amides is 6. The summed E-state index contributed by atoms with van der Waals surface area (Å²) in [5.41, 5.74) is -4.77. The number of hydrogen-bond acceptors (Lipinski definition) is 21. The molecule has 0 aliphatic carbocycles. The lowest BCUT2D eigenvalue weighted by atomic mass is 9.96. The van der Waals surface area contributed by atoms with Gasteiger partial charge in [-0.25, -0.2) is 14.4 Å². The second kappa shape index (κ2) is 19.1. The van der Waals surface area contributed by atoms with E-state index in [1.54, 1.807) is 39.4 Å². The molecule has 30 nitrogen and oxygen atoms in total. The van der Waals surface area contributed by atoms with Gasteiger partial charge in [-0.2, -0.15) is 15.0 Å². The van der Waals surface area contributed by atoms with Crippen molar-refractivity contribution in [3.8, 4) is 0 Å². The molecule has 6 amide bonds. The molecule has 0 bridgehead atoms. The lowest BCUT2D eigenvalue weighted by Crippen LogP contribution is -2.44. The third-order valence-corrected chi connectivity index (χ3v) is 14.7. The Morgan fingerprint density at radius 2 is 0.705 bits per heavy atom. The van der Waals surface area contributed by atoms with Crippen molar-refractivity contribution in [2.24, 2.45) is 0 Å². The summed E-state index contributed by atoms with van der Waals surface area (Å²) in [6.07, 6.45) is -5.27. The van der Waals surface area contributed by atoms with Crippen LogP contribution in [0.3, 0.4) is 0 Å². The smallest absolute Gasteiger partial charge is 0.326 e. The number of rotatable bonds is 6. The van der Waals surface area contributed by atoms with Crippen LogP contribution in [0.1, 0.15) is 56.1 Å². The van der Waals surface area contributed by atoms with Crippen LogP contribution in [0.5, 0.6) is 0 Å². The number of aryl methyl sites for hydroxylation is 3. The maximum atomic E-state index is 12.0. The molecule has 3 unspecified atom stereocenters. The molecule has 0 saturated carbocycles. The van der Waals surface area contributed by atoms with Gasteiger partial charge in [-0.05, 0) is 58.2 Å². The number of carbonyl (C=O) groups excluding carboxylic acids is 3. The maximum Gasteiger partial charge on any atom is 0.326 e. The molecule has 12 heterocycles. The molecule has 30 heteroatoms.